The van der Waals surface area contributed by atoms with Crippen LogP contribution in [0.3, 0.4) is 0 Å². The molecule has 1 rings (SSSR count). The smallest absolute Gasteiger partial charge is 0.165 e. The predicted octanol–water partition coefficient (Wildman–Crippen LogP) is 2.62. The lowest BCUT2D eigenvalue weighted by atomic mass is 10.2. The maximum atomic E-state index is 13.5. The van der Waals surface area contributed by atoms with Gasteiger partial charge in [-0.1, -0.05) is 18.8 Å². The van der Waals surface area contributed by atoms with Crippen molar-refractivity contribution < 1.29 is 17.5 Å². The van der Waals surface area contributed by atoms with Crippen molar-refractivity contribution >= 4 is 21.4 Å². The maximum Gasteiger partial charge on any atom is 0.165 e. The van der Waals surface area contributed by atoms with Crippen molar-refractivity contribution in [2.45, 2.75) is 13.3 Å². The molecule has 0 amide bonds. The van der Waals surface area contributed by atoms with Gasteiger partial charge in [-0.3, -0.25) is 0 Å². The summed E-state index contributed by atoms with van der Waals surface area (Å²) in [5.74, 6) is 5.01. The van der Waals surface area contributed by atoms with Crippen LogP contribution in [0, 0.1) is 17.7 Å². The van der Waals surface area contributed by atoms with Crippen LogP contribution in [0.1, 0.15) is 18.9 Å². The summed E-state index contributed by atoms with van der Waals surface area (Å²) in [6.45, 7) is 1.71. The molecule has 0 bridgehead atoms. The molecule has 20 heavy (non-hydrogen) atoms. The van der Waals surface area contributed by atoms with E-state index in [2.05, 4.69) is 11.8 Å². The highest BCUT2D eigenvalue weighted by Gasteiger charge is 2.11. The summed E-state index contributed by atoms with van der Waals surface area (Å²) in [4.78, 5) is 0. The van der Waals surface area contributed by atoms with Crippen molar-refractivity contribution in [2.75, 3.05) is 24.0 Å². The van der Waals surface area contributed by atoms with Crippen LogP contribution in [0.2, 0.25) is 0 Å². The Balaban J connectivity index is 2.68. The molecule has 0 aliphatic heterocycles. The Bertz CT molecular complexity index is 603. The largest absolute Gasteiger partial charge is 0.489 e. The molecule has 0 heterocycles. The Morgan fingerprint density at radius 3 is 2.75 bits per heavy atom. The van der Waals surface area contributed by atoms with Crippen LogP contribution >= 0.6 is 11.6 Å². The number of ether oxygens (including phenoxy) is 1. The van der Waals surface area contributed by atoms with Crippen LogP contribution in [0.15, 0.2) is 18.2 Å². The van der Waals surface area contributed by atoms with E-state index in [4.69, 9.17) is 16.3 Å². The SMILES string of the molecule is CCCS(=O)(=O)CCOc1cc(C#CCCl)ccc1F. The van der Waals surface area contributed by atoms with E-state index in [0.29, 0.717) is 12.0 Å². The number of benzene rings is 1. The fourth-order valence-corrected chi connectivity index (χ4v) is 2.75. The molecule has 0 atom stereocenters. The number of halogens is 2. The lowest BCUT2D eigenvalue weighted by molar-refractivity contribution is 0.322. The van der Waals surface area contributed by atoms with E-state index in [0.717, 1.165) is 0 Å². The van der Waals surface area contributed by atoms with Gasteiger partial charge in [-0.15, -0.1) is 11.6 Å². The third-order valence-corrected chi connectivity index (χ3v) is 4.35. The summed E-state index contributed by atoms with van der Waals surface area (Å²) in [5, 5.41) is 0. The molecular weight excluding hydrogens is 303 g/mol. The molecule has 110 valence electrons. The standard InChI is InChI=1S/C14H16ClFO3S/c1-2-9-20(17,18)10-8-19-14-11-12(4-3-7-15)5-6-13(14)16/h5-6,11H,2,7-10H2,1H3. The number of sulfone groups is 1. The van der Waals surface area contributed by atoms with Crippen LogP contribution in [-0.2, 0) is 9.84 Å². The number of hydrogen-bond donors (Lipinski definition) is 0. The van der Waals surface area contributed by atoms with Crippen LogP contribution < -0.4 is 4.74 Å². The second-order valence-corrected chi connectivity index (χ2v) is 6.65. The molecule has 1 aromatic carbocycles. The molecule has 6 heteroatoms. The van der Waals surface area contributed by atoms with Crippen molar-refractivity contribution in [3.05, 3.63) is 29.6 Å². The molecule has 0 saturated heterocycles. The predicted molar refractivity (Wildman–Crippen MR) is 78.4 cm³/mol. The zero-order valence-electron chi connectivity index (χ0n) is 11.2. The summed E-state index contributed by atoms with van der Waals surface area (Å²) in [6, 6.07) is 4.17. The minimum absolute atomic E-state index is 0.00179. The van der Waals surface area contributed by atoms with Crippen LogP contribution in [-0.4, -0.2) is 32.4 Å². The molecule has 0 aromatic heterocycles. The zero-order chi connectivity index (χ0) is 15.0. The molecule has 1 aromatic rings. The summed E-state index contributed by atoms with van der Waals surface area (Å²) in [6.07, 6.45) is 0.556. The van der Waals surface area contributed by atoms with Gasteiger partial charge in [-0.25, -0.2) is 12.8 Å². The first-order valence-electron chi connectivity index (χ1n) is 6.16. The quantitative estimate of drug-likeness (QED) is 0.598. The van der Waals surface area contributed by atoms with E-state index in [9.17, 15) is 12.8 Å². The van der Waals surface area contributed by atoms with E-state index < -0.39 is 15.7 Å². The average Bonchev–Trinajstić information content (AvgIpc) is 2.39. The summed E-state index contributed by atoms with van der Waals surface area (Å²) >= 11 is 5.44. The van der Waals surface area contributed by atoms with Gasteiger partial charge in [0.25, 0.3) is 0 Å². The Morgan fingerprint density at radius 2 is 2.10 bits per heavy atom. The molecule has 0 aliphatic carbocycles. The molecule has 3 nitrogen and oxygen atoms in total. The van der Waals surface area contributed by atoms with Gasteiger partial charge in [0, 0.05) is 5.56 Å². The van der Waals surface area contributed by atoms with E-state index in [-0.39, 0.29) is 29.7 Å². The summed E-state index contributed by atoms with van der Waals surface area (Å²) in [5.41, 5.74) is 0.568. The Kier molecular flexibility index (Phi) is 6.83. The lowest BCUT2D eigenvalue weighted by Crippen LogP contribution is -2.17. The first-order valence-corrected chi connectivity index (χ1v) is 8.51. The first-order chi connectivity index (χ1) is 9.48. The van der Waals surface area contributed by atoms with Gasteiger partial charge in [-0.05, 0) is 24.6 Å². The van der Waals surface area contributed by atoms with Gasteiger partial charge >= 0.3 is 0 Å². The van der Waals surface area contributed by atoms with Crippen molar-refractivity contribution in [1.82, 2.24) is 0 Å². The van der Waals surface area contributed by atoms with E-state index in [1.54, 1.807) is 6.92 Å². The monoisotopic (exact) mass is 318 g/mol. The minimum Gasteiger partial charge on any atom is -0.489 e. The van der Waals surface area contributed by atoms with Gasteiger partial charge in [0.2, 0.25) is 0 Å². The van der Waals surface area contributed by atoms with Gasteiger partial charge in [-0.2, -0.15) is 0 Å². The van der Waals surface area contributed by atoms with Gasteiger partial charge < -0.3 is 4.74 Å². The van der Waals surface area contributed by atoms with Crippen molar-refractivity contribution in [3.8, 4) is 17.6 Å². The van der Waals surface area contributed by atoms with Crippen LogP contribution in [0.4, 0.5) is 4.39 Å². The van der Waals surface area contributed by atoms with Crippen molar-refractivity contribution in [3.63, 3.8) is 0 Å². The number of rotatable bonds is 6. The summed E-state index contributed by atoms with van der Waals surface area (Å²) in [7, 11) is -3.13. The molecule has 0 radical (unpaired) electrons. The van der Waals surface area contributed by atoms with Crippen molar-refractivity contribution in [1.29, 1.82) is 0 Å². The molecule has 0 saturated carbocycles. The first kappa shape index (κ1) is 16.8. The summed E-state index contributed by atoms with van der Waals surface area (Å²) < 4.78 is 41.7. The molecule has 0 unspecified atom stereocenters. The van der Waals surface area contributed by atoms with Crippen LogP contribution in [0.25, 0.3) is 0 Å². The number of alkyl halides is 1. The van der Waals surface area contributed by atoms with Crippen LogP contribution in [0.5, 0.6) is 5.75 Å². The second-order valence-electron chi connectivity index (χ2n) is 4.08. The van der Waals surface area contributed by atoms with E-state index in [1.165, 1.54) is 18.2 Å². The topological polar surface area (TPSA) is 43.4 Å². The van der Waals surface area contributed by atoms with Gasteiger partial charge in [0.1, 0.15) is 6.61 Å². The van der Waals surface area contributed by atoms with Gasteiger partial charge in [0.05, 0.1) is 17.4 Å². The zero-order valence-corrected chi connectivity index (χ0v) is 12.7. The minimum atomic E-state index is -3.13. The van der Waals surface area contributed by atoms with E-state index >= 15 is 0 Å². The lowest BCUT2D eigenvalue weighted by Gasteiger charge is -2.08. The van der Waals surface area contributed by atoms with E-state index in [1.807, 2.05) is 0 Å². The molecule has 0 fully saturated rings. The fourth-order valence-electron chi connectivity index (χ4n) is 1.52. The molecular formula is C14H16ClFO3S. The third-order valence-electron chi connectivity index (χ3n) is 2.40. The maximum absolute atomic E-state index is 13.5. The highest BCUT2D eigenvalue weighted by atomic mass is 35.5. The molecule has 0 N–H and O–H groups in total. The second kappa shape index (κ2) is 8.13. The third kappa shape index (κ3) is 5.81. The Hall–Kier alpha value is -1.25. The fraction of sp³-hybridized carbons (Fsp3) is 0.429. The van der Waals surface area contributed by atoms with Gasteiger partial charge in [0.15, 0.2) is 21.4 Å². The Labute approximate surface area is 124 Å². The number of hydrogen-bond acceptors (Lipinski definition) is 3. The normalized spacial score (nSPS) is 10.8. The highest BCUT2D eigenvalue weighted by molar-refractivity contribution is 7.91. The van der Waals surface area contributed by atoms with Crippen molar-refractivity contribution in [2.24, 2.45) is 0 Å². The molecule has 0 spiro atoms. The highest BCUT2D eigenvalue weighted by Crippen LogP contribution is 2.18. The Morgan fingerprint density at radius 1 is 1.35 bits per heavy atom. The average molecular weight is 319 g/mol. The molecule has 0 aliphatic rings.